The Hall–Kier alpha value is -0.530. The molecule has 0 radical (unpaired) electrons. The van der Waals surface area contributed by atoms with Crippen LogP contribution in [0.3, 0.4) is 0 Å². The summed E-state index contributed by atoms with van der Waals surface area (Å²) in [6.07, 6.45) is 4.19. The minimum Gasteiger partial charge on any atom is -0.342 e. The smallest absolute Gasteiger partial charge is 0.222 e. The van der Waals surface area contributed by atoms with Crippen LogP contribution in [0.15, 0.2) is 0 Å². The van der Waals surface area contributed by atoms with Gasteiger partial charge < -0.3 is 4.90 Å². The van der Waals surface area contributed by atoms with Crippen molar-refractivity contribution >= 4 is 5.91 Å². The van der Waals surface area contributed by atoms with E-state index in [1.807, 2.05) is 0 Å². The van der Waals surface area contributed by atoms with Crippen molar-refractivity contribution in [2.75, 3.05) is 13.1 Å². The second-order valence-electron chi connectivity index (χ2n) is 4.74. The van der Waals surface area contributed by atoms with Crippen LogP contribution in [0, 0.1) is 11.8 Å². The first kappa shape index (κ1) is 11.5. The summed E-state index contributed by atoms with van der Waals surface area (Å²) >= 11 is 0. The van der Waals surface area contributed by atoms with E-state index in [4.69, 9.17) is 0 Å². The van der Waals surface area contributed by atoms with Gasteiger partial charge in [0.25, 0.3) is 0 Å². The largest absolute Gasteiger partial charge is 0.342 e. The lowest BCUT2D eigenvalue weighted by molar-refractivity contribution is -0.135. The molecule has 82 valence electrons. The van der Waals surface area contributed by atoms with Gasteiger partial charge in [-0.3, -0.25) is 4.79 Å². The third-order valence-corrected chi connectivity index (χ3v) is 3.26. The highest BCUT2D eigenvalue weighted by molar-refractivity contribution is 5.76. The fraction of sp³-hybridized carbons (Fsp3) is 0.917. The molecule has 1 rings (SSSR count). The van der Waals surface area contributed by atoms with Crippen LogP contribution in [0.25, 0.3) is 0 Å². The van der Waals surface area contributed by atoms with Gasteiger partial charge >= 0.3 is 0 Å². The maximum absolute atomic E-state index is 11.6. The first-order valence-corrected chi connectivity index (χ1v) is 5.93. The van der Waals surface area contributed by atoms with Gasteiger partial charge in [0.15, 0.2) is 0 Å². The summed E-state index contributed by atoms with van der Waals surface area (Å²) in [5, 5.41) is 0. The zero-order valence-electron chi connectivity index (χ0n) is 9.75. The molecule has 0 aromatic carbocycles. The molecule has 1 aliphatic heterocycles. The molecule has 0 aromatic heterocycles. The fourth-order valence-corrected chi connectivity index (χ4v) is 2.05. The Bertz CT molecular complexity index is 189. The number of carbonyl (C=O) groups excluding carboxylic acids is 1. The molecule has 2 heteroatoms. The van der Waals surface area contributed by atoms with E-state index in [1.54, 1.807) is 0 Å². The zero-order valence-corrected chi connectivity index (χ0v) is 9.75. The molecule has 0 N–H and O–H groups in total. The number of hydrogen-bond donors (Lipinski definition) is 0. The molecule has 0 bridgehead atoms. The Morgan fingerprint density at radius 2 is 2.21 bits per heavy atom. The van der Waals surface area contributed by atoms with E-state index in [0.29, 0.717) is 11.8 Å². The first-order chi connectivity index (χ1) is 6.65. The lowest BCUT2D eigenvalue weighted by atomic mass is 9.87. The third-order valence-electron chi connectivity index (χ3n) is 3.26. The van der Waals surface area contributed by atoms with E-state index in [2.05, 4.69) is 25.7 Å². The van der Waals surface area contributed by atoms with E-state index < -0.39 is 0 Å². The maximum atomic E-state index is 11.6. The summed E-state index contributed by atoms with van der Waals surface area (Å²) < 4.78 is 0. The van der Waals surface area contributed by atoms with E-state index in [-0.39, 0.29) is 0 Å². The summed E-state index contributed by atoms with van der Waals surface area (Å²) in [7, 11) is 0. The molecule has 0 aliphatic carbocycles. The molecule has 1 atom stereocenters. The van der Waals surface area contributed by atoms with Crippen molar-refractivity contribution in [1.29, 1.82) is 0 Å². The van der Waals surface area contributed by atoms with Crippen LogP contribution in [-0.4, -0.2) is 23.9 Å². The van der Waals surface area contributed by atoms with Gasteiger partial charge in [0.2, 0.25) is 5.91 Å². The van der Waals surface area contributed by atoms with Crippen LogP contribution >= 0.6 is 0 Å². The van der Waals surface area contributed by atoms with Gasteiger partial charge in [-0.05, 0) is 24.7 Å². The molecule has 1 heterocycles. The number of carbonyl (C=O) groups is 1. The van der Waals surface area contributed by atoms with Gasteiger partial charge in [-0.25, -0.2) is 0 Å². The average molecular weight is 197 g/mol. The molecule has 1 aliphatic rings. The van der Waals surface area contributed by atoms with Crippen molar-refractivity contribution in [3.8, 4) is 0 Å². The van der Waals surface area contributed by atoms with Crippen LogP contribution in [-0.2, 0) is 4.79 Å². The van der Waals surface area contributed by atoms with Gasteiger partial charge in [-0.15, -0.1) is 0 Å². The van der Waals surface area contributed by atoms with Gasteiger partial charge in [-0.1, -0.05) is 27.2 Å². The van der Waals surface area contributed by atoms with Gasteiger partial charge in [0, 0.05) is 19.5 Å². The molecule has 2 nitrogen and oxygen atoms in total. The summed E-state index contributed by atoms with van der Waals surface area (Å²) in [5.74, 6) is 1.81. The molecule has 0 saturated carbocycles. The number of amides is 1. The van der Waals surface area contributed by atoms with E-state index in [9.17, 15) is 4.79 Å². The summed E-state index contributed by atoms with van der Waals surface area (Å²) in [5.41, 5.74) is 0. The average Bonchev–Trinajstić information content (AvgIpc) is 2.16. The number of rotatable bonds is 4. The highest BCUT2D eigenvalue weighted by Crippen LogP contribution is 2.24. The summed E-state index contributed by atoms with van der Waals surface area (Å²) in [6, 6.07) is 0. The normalized spacial score (nSPS) is 23.3. The van der Waals surface area contributed by atoms with E-state index in [0.717, 1.165) is 38.3 Å². The SMILES string of the molecule is CCCCN1CC(C(C)C)CCC1=O. The van der Waals surface area contributed by atoms with Gasteiger partial charge in [0.1, 0.15) is 0 Å². The highest BCUT2D eigenvalue weighted by Gasteiger charge is 2.26. The first-order valence-electron chi connectivity index (χ1n) is 5.93. The molecule has 1 unspecified atom stereocenters. The second-order valence-corrected chi connectivity index (χ2v) is 4.74. The van der Waals surface area contributed by atoms with Crippen LogP contribution in [0.5, 0.6) is 0 Å². The molecular formula is C12H23NO. The predicted octanol–water partition coefficient (Wildman–Crippen LogP) is 2.68. The zero-order chi connectivity index (χ0) is 10.6. The summed E-state index contributed by atoms with van der Waals surface area (Å²) in [4.78, 5) is 13.7. The Labute approximate surface area is 87.7 Å². The number of nitrogens with zero attached hydrogens (tertiary/aromatic N) is 1. The second kappa shape index (κ2) is 5.38. The standard InChI is InChI=1S/C12H23NO/c1-4-5-8-13-9-11(10(2)3)6-7-12(13)14/h10-11H,4-9H2,1-3H3. The molecule has 1 saturated heterocycles. The minimum absolute atomic E-state index is 0.371. The number of unbranched alkanes of at least 4 members (excludes halogenated alkanes) is 1. The monoisotopic (exact) mass is 197 g/mol. The Morgan fingerprint density at radius 1 is 1.50 bits per heavy atom. The van der Waals surface area contributed by atoms with Gasteiger partial charge in [-0.2, -0.15) is 0 Å². The predicted molar refractivity (Wildman–Crippen MR) is 59.1 cm³/mol. The van der Waals surface area contributed by atoms with Crippen molar-refractivity contribution in [1.82, 2.24) is 4.90 Å². The molecular weight excluding hydrogens is 174 g/mol. The lowest BCUT2D eigenvalue weighted by Gasteiger charge is -2.34. The van der Waals surface area contributed by atoms with Crippen molar-refractivity contribution in [3.05, 3.63) is 0 Å². The number of hydrogen-bond acceptors (Lipinski definition) is 1. The number of likely N-dealkylation sites (tertiary alicyclic amines) is 1. The molecule has 0 spiro atoms. The third kappa shape index (κ3) is 3.00. The Balaban J connectivity index is 2.42. The van der Waals surface area contributed by atoms with E-state index >= 15 is 0 Å². The molecule has 14 heavy (non-hydrogen) atoms. The van der Waals surface area contributed by atoms with Gasteiger partial charge in [0.05, 0.1) is 0 Å². The Morgan fingerprint density at radius 3 is 2.79 bits per heavy atom. The number of piperidine rings is 1. The van der Waals surface area contributed by atoms with Crippen molar-refractivity contribution in [2.45, 2.75) is 46.5 Å². The molecule has 1 amide bonds. The van der Waals surface area contributed by atoms with Crippen molar-refractivity contribution < 1.29 is 4.79 Å². The maximum Gasteiger partial charge on any atom is 0.222 e. The van der Waals surface area contributed by atoms with Crippen LogP contribution in [0.2, 0.25) is 0 Å². The minimum atomic E-state index is 0.371. The summed E-state index contributed by atoms with van der Waals surface area (Å²) in [6.45, 7) is 8.67. The van der Waals surface area contributed by atoms with E-state index in [1.165, 1.54) is 6.42 Å². The van der Waals surface area contributed by atoms with Crippen LogP contribution in [0.1, 0.15) is 46.5 Å². The Kier molecular flexibility index (Phi) is 4.43. The topological polar surface area (TPSA) is 20.3 Å². The highest BCUT2D eigenvalue weighted by atomic mass is 16.2. The van der Waals surface area contributed by atoms with Crippen LogP contribution in [0.4, 0.5) is 0 Å². The van der Waals surface area contributed by atoms with Crippen molar-refractivity contribution in [2.24, 2.45) is 11.8 Å². The molecule has 1 fully saturated rings. The quantitative estimate of drug-likeness (QED) is 0.678. The lowest BCUT2D eigenvalue weighted by Crippen LogP contribution is -2.41. The van der Waals surface area contributed by atoms with Crippen LogP contribution < -0.4 is 0 Å². The fourth-order valence-electron chi connectivity index (χ4n) is 2.05. The molecule has 0 aromatic rings. The van der Waals surface area contributed by atoms with Crippen molar-refractivity contribution in [3.63, 3.8) is 0 Å².